The molecular formula is C24H36N2O6. The molecule has 1 aromatic rings. The van der Waals surface area contributed by atoms with E-state index in [0.717, 1.165) is 31.1 Å². The largest absolute Gasteiger partial charge is 0.434 e. The Labute approximate surface area is 190 Å². The molecule has 178 valence electrons. The van der Waals surface area contributed by atoms with Crippen molar-refractivity contribution in [3.63, 3.8) is 0 Å². The summed E-state index contributed by atoms with van der Waals surface area (Å²) in [4.78, 5) is 41.1. The van der Waals surface area contributed by atoms with Crippen molar-refractivity contribution in [1.29, 1.82) is 0 Å². The topological polar surface area (TPSA) is 94.2 Å². The number of hydroxylamine groups is 2. The summed E-state index contributed by atoms with van der Waals surface area (Å²) in [5.41, 5.74) is 1.01. The predicted molar refractivity (Wildman–Crippen MR) is 119 cm³/mol. The number of esters is 1. The van der Waals surface area contributed by atoms with E-state index in [0.29, 0.717) is 25.8 Å². The first-order valence-electron chi connectivity index (χ1n) is 11.5. The number of unbranched alkanes of at least 4 members (excludes halogenated alkanes) is 1. The van der Waals surface area contributed by atoms with Gasteiger partial charge in [0.05, 0.1) is 5.92 Å². The highest BCUT2D eigenvalue weighted by atomic mass is 16.8. The van der Waals surface area contributed by atoms with Gasteiger partial charge in [0.15, 0.2) is 0 Å². The van der Waals surface area contributed by atoms with Crippen LogP contribution in [0.4, 0.5) is 4.79 Å². The average Bonchev–Trinajstić information content (AvgIpc) is 3.14. The molecule has 1 N–H and O–H groups in total. The third-order valence-corrected chi connectivity index (χ3v) is 5.60. The molecule has 4 atom stereocenters. The molecule has 1 aromatic carbocycles. The molecule has 0 spiro atoms. The van der Waals surface area contributed by atoms with Gasteiger partial charge >= 0.3 is 12.1 Å². The molecule has 0 radical (unpaired) electrons. The lowest BCUT2D eigenvalue weighted by Gasteiger charge is -2.25. The third-order valence-electron chi connectivity index (χ3n) is 5.60. The van der Waals surface area contributed by atoms with E-state index in [9.17, 15) is 14.4 Å². The van der Waals surface area contributed by atoms with E-state index >= 15 is 0 Å². The predicted octanol–water partition coefficient (Wildman–Crippen LogP) is 3.84. The molecule has 1 amide bonds. The first kappa shape index (κ1) is 25.8. The summed E-state index contributed by atoms with van der Waals surface area (Å²) in [5, 5.41) is 4.07. The van der Waals surface area contributed by atoms with E-state index in [4.69, 9.17) is 14.3 Å². The Morgan fingerprint density at radius 1 is 1.28 bits per heavy atom. The van der Waals surface area contributed by atoms with Gasteiger partial charge in [0.2, 0.25) is 6.29 Å². The summed E-state index contributed by atoms with van der Waals surface area (Å²) < 4.78 is 11.5. The van der Waals surface area contributed by atoms with Gasteiger partial charge in [-0.2, -0.15) is 0 Å². The Hall–Kier alpha value is -2.45. The first-order valence-corrected chi connectivity index (χ1v) is 11.5. The third kappa shape index (κ3) is 8.24. The Morgan fingerprint density at radius 3 is 2.69 bits per heavy atom. The van der Waals surface area contributed by atoms with Crippen molar-refractivity contribution in [3.8, 4) is 0 Å². The lowest BCUT2D eigenvalue weighted by atomic mass is 9.99. The fraction of sp³-hybridized carbons (Fsp3) is 0.625. The zero-order valence-corrected chi connectivity index (χ0v) is 19.3. The van der Waals surface area contributed by atoms with Gasteiger partial charge in [0.25, 0.3) is 0 Å². The van der Waals surface area contributed by atoms with Gasteiger partial charge in [0.1, 0.15) is 19.1 Å². The van der Waals surface area contributed by atoms with Crippen molar-refractivity contribution in [2.24, 2.45) is 11.8 Å². The number of nitrogens with zero attached hydrogens (tertiary/aromatic N) is 1. The molecule has 0 bridgehead atoms. The van der Waals surface area contributed by atoms with Crippen molar-refractivity contribution in [2.75, 3.05) is 13.3 Å². The zero-order chi connectivity index (χ0) is 23.3. The van der Waals surface area contributed by atoms with Crippen molar-refractivity contribution in [2.45, 2.75) is 71.6 Å². The van der Waals surface area contributed by atoms with E-state index in [1.807, 2.05) is 44.2 Å². The molecule has 4 unspecified atom stereocenters. The molecule has 1 heterocycles. The summed E-state index contributed by atoms with van der Waals surface area (Å²) in [6, 6.07) is 9.24. The highest BCUT2D eigenvalue weighted by Gasteiger charge is 2.41. The summed E-state index contributed by atoms with van der Waals surface area (Å²) in [6.07, 6.45) is 3.67. The lowest BCUT2D eigenvalue weighted by molar-refractivity contribution is -0.177. The van der Waals surface area contributed by atoms with Crippen LogP contribution >= 0.6 is 0 Å². The number of benzene rings is 1. The Bertz CT molecular complexity index is 714. The Balaban J connectivity index is 2.03. The quantitative estimate of drug-likeness (QED) is 0.362. The SMILES string of the molecule is CCCCC(CC)C(=O)OC1OCN(OC(=O)NCC(C)CC=O)C1Cc1ccccc1. The van der Waals surface area contributed by atoms with Crippen molar-refractivity contribution in [3.05, 3.63) is 35.9 Å². The minimum absolute atomic E-state index is 0.00148. The summed E-state index contributed by atoms with van der Waals surface area (Å²) in [5.74, 6) is -0.440. The molecule has 1 aliphatic heterocycles. The summed E-state index contributed by atoms with van der Waals surface area (Å²) in [7, 11) is 0. The second kappa shape index (κ2) is 13.9. The van der Waals surface area contributed by atoms with Crippen LogP contribution in [0.1, 0.15) is 58.4 Å². The minimum atomic E-state index is -0.833. The highest BCUT2D eigenvalue weighted by molar-refractivity contribution is 5.72. The molecule has 1 fully saturated rings. The number of aldehydes is 1. The van der Waals surface area contributed by atoms with Gasteiger partial charge in [0, 0.05) is 13.0 Å². The number of rotatable bonds is 13. The maximum Gasteiger partial charge on any atom is 0.426 e. The number of carbonyl (C=O) groups is 3. The number of hydrogen-bond donors (Lipinski definition) is 1. The smallest absolute Gasteiger partial charge is 0.426 e. The standard InChI is InChI=1S/C24H36N2O6/c1-4-6-12-20(5-2)22(28)31-23-21(15-19-10-8-7-9-11-19)26(17-30-23)32-24(29)25-16-18(3)13-14-27/h7-11,14,18,20-21,23H,4-6,12-13,15-17H2,1-3H3,(H,25,29). The van der Waals surface area contributed by atoms with Crippen molar-refractivity contribution in [1.82, 2.24) is 10.4 Å². The molecule has 8 heteroatoms. The number of nitrogens with one attached hydrogen (secondary N) is 1. The minimum Gasteiger partial charge on any atom is -0.434 e. The van der Waals surface area contributed by atoms with Crippen LogP contribution in [0.3, 0.4) is 0 Å². The second-order valence-electron chi connectivity index (χ2n) is 8.29. The molecule has 1 saturated heterocycles. The van der Waals surface area contributed by atoms with Gasteiger partial charge in [-0.25, -0.2) is 4.79 Å². The van der Waals surface area contributed by atoms with Crippen molar-refractivity contribution < 1.29 is 28.7 Å². The molecule has 2 rings (SSSR count). The lowest BCUT2D eigenvalue weighted by Crippen LogP contribution is -2.43. The molecule has 8 nitrogen and oxygen atoms in total. The molecule has 1 aliphatic rings. The van der Waals surface area contributed by atoms with Crippen LogP contribution in [-0.4, -0.2) is 49.0 Å². The normalized spacial score (nSPS) is 20.3. The summed E-state index contributed by atoms with van der Waals surface area (Å²) >= 11 is 0. The first-order chi connectivity index (χ1) is 15.5. The highest BCUT2D eigenvalue weighted by Crippen LogP contribution is 2.25. The van der Waals surface area contributed by atoms with Crippen molar-refractivity contribution >= 4 is 18.3 Å². The Kier molecular flexibility index (Phi) is 11.2. The van der Waals surface area contributed by atoms with E-state index in [2.05, 4.69) is 12.2 Å². The van der Waals surface area contributed by atoms with E-state index < -0.39 is 18.4 Å². The maximum absolute atomic E-state index is 12.7. The van der Waals surface area contributed by atoms with Gasteiger partial charge in [-0.05, 0) is 30.7 Å². The van der Waals surface area contributed by atoms with Gasteiger partial charge in [-0.3, -0.25) is 4.79 Å². The van der Waals surface area contributed by atoms with Crippen LogP contribution in [0.15, 0.2) is 30.3 Å². The fourth-order valence-electron chi connectivity index (χ4n) is 3.54. The number of ether oxygens (including phenoxy) is 2. The average molecular weight is 449 g/mol. The van der Waals surface area contributed by atoms with Crippen LogP contribution in [0, 0.1) is 11.8 Å². The molecular weight excluding hydrogens is 412 g/mol. The van der Waals surface area contributed by atoms with E-state index in [1.165, 1.54) is 5.06 Å². The van der Waals surface area contributed by atoms with Gasteiger partial charge in [-0.15, -0.1) is 5.06 Å². The second-order valence-corrected chi connectivity index (χ2v) is 8.29. The van der Waals surface area contributed by atoms with Crippen LogP contribution < -0.4 is 5.32 Å². The molecule has 32 heavy (non-hydrogen) atoms. The van der Waals surface area contributed by atoms with Gasteiger partial charge < -0.3 is 24.4 Å². The van der Waals surface area contributed by atoms with Crippen LogP contribution in [0.5, 0.6) is 0 Å². The fourth-order valence-corrected chi connectivity index (χ4v) is 3.54. The molecule has 0 saturated carbocycles. The number of carbonyl (C=O) groups excluding carboxylic acids is 3. The number of amides is 1. The van der Waals surface area contributed by atoms with Gasteiger partial charge in [-0.1, -0.05) is 63.9 Å². The van der Waals surface area contributed by atoms with Crippen LogP contribution in [0.25, 0.3) is 0 Å². The van der Waals surface area contributed by atoms with E-state index in [-0.39, 0.29) is 24.5 Å². The van der Waals surface area contributed by atoms with Crippen LogP contribution in [-0.2, 0) is 30.3 Å². The molecule has 0 aliphatic carbocycles. The Morgan fingerprint density at radius 2 is 2.03 bits per heavy atom. The van der Waals surface area contributed by atoms with E-state index in [1.54, 1.807) is 0 Å². The maximum atomic E-state index is 12.7. The number of hydrogen-bond acceptors (Lipinski definition) is 7. The van der Waals surface area contributed by atoms with Crippen LogP contribution in [0.2, 0.25) is 0 Å². The molecule has 0 aromatic heterocycles. The zero-order valence-electron chi connectivity index (χ0n) is 19.3. The summed E-state index contributed by atoms with van der Waals surface area (Å²) in [6.45, 7) is 6.25. The monoisotopic (exact) mass is 448 g/mol.